The lowest BCUT2D eigenvalue weighted by Gasteiger charge is -2.24. The molecule has 0 atom stereocenters. The number of rotatable bonds is 5. The molecule has 0 spiro atoms. The number of hydrogen-bond donors (Lipinski definition) is 1. The molecule has 0 aliphatic rings. The summed E-state index contributed by atoms with van der Waals surface area (Å²) in [4.78, 5) is 29.7. The summed E-state index contributed by atoms with van der Waals surface area (Å²) >= 11 is 1.48. The van der Waals surface area contributed by atoms with Crippen LogP contribution in [-0.2, 0) is 16.0 Å². The average molecular weight is 295 g/mol. The normalized spacial score (nSPS) is 11.2. The Bertz CT molecular complexity index is 644. The summed E-state index contributed by atoms with van der Waals surface area (Å²) in [6, 6.07) is -0.141. The highest BCUT2D eigenvalue weighted by Gasteiger charge is 2.21. The molecule has 1 N–H and O–H groups in total. The number of hydrogen-bond acceptors (Lipinski definition) is 4. The molecule has 0 radical (unpaired) electrons. The van der Waals surface area contributed by atoms with Crippen LogP contribution in [0.2, 0.25) is 0 Å². The third-order valence-corrected chi connectivity index (χ3v) is 3.87. The molecular formula is C13H17N3O3S. The van der Waals surface area contributed by atoms with Crippen LogP contribution in [0.15, 0.2) is 11.6 Å². The fourth-order valence-corrected chi connectivity index (χ4v) is 2.95. The number of fused-ring (bicyclic) bond motifs is 1. The van der Waals surface area contributed by atoms with Crippen molar-refractivity contribution in [2.45, 2.75) is 33.2 Å². The van der Waals surface area contributed by atoms with E-state index in [9.17, 15) is 9.59 Å². The molecule has 0 aromatic carbocycles. The number of thiazole rings is 1. The van der Waals surface area contributed by atoms with E-state index in [2.05, 4.69) is 4.98 Å². The molecular weight excluding hydrogens is 278 g/mol. The smallest absolute Gasteiger partial charge is 0.323 e. The Morgan fingerprint density at radius 1 is 1.50 bits per heavy atom. The van der Waals surface area contributed by atoms with E-state index in [-0.39, 0.29) is 24.9 Å². The third-order valence-electron chi connectivity index (χ3n) is 2.99. The van der Waals surface area contributed by atoms with Crippen molar-refractivity contribution in [1.29, 1.82) is 0 Å². The Morgan fingerprint density at radius 3 is 2.80 bits per heavy atom. The number of carbonyl (C=O) groups excluding carboxylic acids is 1. The van der Waals surface area contributed by atoms with Crippen LogP contribution in [0.4, 0.5) is 0 Å². The van der Waals surface area contributed by atoms with Crippen LogP contribution in [0.5, 0.6) is 0 Å². The maximum Gasteiger partial charge on any atom is 0.323 e. The molecule has 0 aliphatic carbocycles. The van der Waals surface area contributed by atoms with Crippen LogP contribution >= 0.6 is 11.3 Å². The zero-order valence-corrected chi connectivity index (χ0v) is 12.5. The minimum Gasteiger partial charge on any atom is -0.480 e. The molecule has 2 heterocycles. The Balaban J connectivity index is 2.18. The monoisotopic (exact) mass is 295 g/mol. The molecule has 0 fully saturated rings. The van der Waals surface area contributed by atoms with E-state index in [4.69, 9.17) is 5.11 Å². The first-order valence-electron chi connectivity index (χ1n) is 6.32. The number of carboxylic acid groups (broad SMARTS) is 1. The van der Waals surface area contributed by atoms with Gasteiger partial charge in [-0.05, 0) is 20.8 Å². The highest BCUT2D eigenvalue weighted by atomic mass is 32.1. The SMILES string of the molecule is Cc1cn2c(CC(=O)N(CC(=O)O)C(C)C)csc2n1. The summed E-state index contributed by atoms with van der Waals surface area (Å²) in [5.41, 5.74) is 1.74. The Kier molecular flexibility index (Phi) is 4.08. The van der Waals surface area contributed by atoms with Gasteiger partial charge in [-0.3, -0.25) is 14.0 Å². The van der Waals surface area contributed by atoms with Gasteiger partial charge in [-0.15, -0.1) is 11.3 Å². The van der Waals surface area contributed by atoms with Gasteiger partial charge in [-0.2, -0.15) is 0 Å². The van der Waals surface area contributed by atoms with Gasteiger partial charge in [-0.25, -0.2) is 4.98 Å². The number of imidazole rings is 1. The van der Waals surface area contributed by atoms with Crippen LogP contribution in [-0.4, -0.2) is 43.9 Å². The zero-order valence-electron chi connectivity index (χ0n) is 11.7. The topological polar surface area (TPSA) is 74.9 Å². The zero-order chi connectivity index (χ0) is 14.9. The first-order valence-corrected chi connectivity index (χ1v) is 7.19. The second kappa shape index (κ2) is 5.62. The van der Waals surface area contributed by atoms with Crippen molar-refractivity contribution in [3.63, 3.8) is 0 Å². The summed E-state index contributed by atoms with van der Waals surface area (Å²) in [5, 5.41) is 10.8. The number of carboxylic acids is 1. The molecule has 1 amide bonds. The van der Waals surface area contributed by atoms with E-state index >= 15 is 0 Å². The van der Waals surface area contributed by atoms with E-state index in [1.165, 1.54) is 16.2 Å². The molecule has 6 nitrogen and oxygen atoms in total. The fraction of sp³-hybridized carbons (Fsp3) is 0.462. The van der Waals surface area contributed by atoms with E-state index in [0.29, 0.717) is 0 Å². The van der Waals surface area contributed by atoms with Gasteiger partial charge in [0.15, 0.2) is 4.96 Å². The van der Waals surface area contributed by atoms with Gasteiger partial charge in [0.25, 0.3) is 0 Å². The van der Waals surface area contributed by atoms with Crippen LogP contribution in [0.1, 0.15) is 25.2 Å². The second-order valence-corrected chi connectivity index (χ2v) is 5.78. The van der Waals surface area contributed by atoms with Crippen molar-refractivity contribution < 1.29 is 14.7 Å². The highest BCUT2D eigenvalue weighted by Crippen LogP contribution is 2.17. The number of aliphatic carboxylic acids is 1. The van der Waals surface area contributed by atoms with E-state index < -0.39 is 5.97 Å². The average Bonchev–Trinajstić information content (AvgIpc) is 2.86. The van der Waals surface area contributed by atoms with E-state index in [0.717, 1.165) is 16.3 Å². The maximum atomic E-state index is 12.3. The largest absolute Gasteiger partial charge is 0.480 e. The van der Waals surface area contributed by atoms with Crippen LogP contribution < -0.4 is 0 Å². The van der Waals surface area contributed by atoms with Crippen molar-refractivity contribution in [2.75, 3.05) is 6.54 Å². The molecule has 0 bridgehead atoms. The number of carbonyl (C=O) groups is 2. The van der Waals surface area contributed by atoms with Crippen molar-refractivity contribution >= 4 is 28.2 Å². The molecule has 108 valence electrons. The number of nitrogens with zero attached hydrogens (tertiary/aromatic N) is 3. The molecule has 0 saturated heterocycles. The highest BCUT2D eigenvalue weighted by molar-refractivity contribution is 7.15. The predicted octanol–water partition coefficient (Wildman–Crippen LogP) is 1.57. The maximum absolute atomic E-state index is 12.3. The number of aromatic nitrogens is 2. The van der Waals surface area contributed by atoms with Crippen LogP contribution in [0.25, 0.3) is 4.96 Å². The van der Waals surface area contributed by atoms with Gasteiger partial charge < -0.3 is 10.0 Å². The Labute approximate surface area is 120 Å². The predicted molar refractivity (Wildman–Crippen MR) is 76.0 cm³/mol. The van der Waals surface area contributed by atoms with Gasteiger partial charge >= 0.3 is 5.97 Å². The summed E-state index contributed by atoms with van der Waals surface area (Å²) in [6.07, 6.45) is 2.06. The Morgan fingerprint density at radius 2 is 2.20 bits per heavy atom. The first kappa shape index (κ1) is 14.5. The molecule has 7 heteroatoms. The third kappa shape index (κ3) is 2.98. The summed E-state index contributed by atoms with van der Waals surface area (Å²) < 4.78 is 1.89. The van der Waals surface area contributed by atoms with Gasteiger partial charge in [0, 0.05) is 23.3 Å². The van der Waals surface area contributed by atoms with E-state index in [1.807, 2.05) is 36.7 Å². The molecule has 0 aliphatic heterocycles. The fourth-order valence-electron chi connectivity index (χ4n) is 2.03. The van der Waals surface area contributed by atoms with Crippen LogP contribution in [0.3, 0.4) is 0 Å². The molecule has 0 saturated carbocycles. The van der Waals surface area contributed by atoms with Gasteiger partial charge in [0.05, 0.1) is 12.1 Å². The summed E-state index contributed by atoms with van der Waals surface area (Å²) in [6.45, 7) is 5.25. The number of aryl methyl sites for hydroxylation is 1. The van der Waals surface area contributed by atoms with Crippen LogP contribution in [0, 0.1) is 6.92 Å². The molecule has 0 unspecified atom stereocenters. The van der Waals surface area contributed by atoms with E-state index in [1.54, 1.807) is 0 Å². The lowest BCUT2D eigenvalue weighted by molar-refractivity contribution is -0.145. The molecule has 20 heavy (non-hydrogen) atoms. The summed E-state index contributed by atoms with van der Waals surface area (Å²) in [7, 11) is 0. The van der Waals surface area contributed by atoms with Crippen molar-refractivity contribution in [1.82, 2.24) is 14.3 Å². The number of amides is 1. The van der Waals surface area contributed by atoms with Crippen molar-refractivity contribution in [3.05, 3.63) is 23.0 Å². The first-order chi connectivity index (χ1) is 9.38. The Hall–Kier alpha value is -1.89. The quantitative estimate of drug-likeness (QED) is 0.908. The standard InChI is InChI=1S/C13H17N3O3S/c1-8(2)15(6-12(18)19)11(17)4-10-7-20-13-14-9(3)5-16(10)13/h5,7-8H,4,6H2,1-3H3,(H,18,19). The lowest BCUT2D eigenvalue weighted by atomic mass is 10.2. The molecule has 2 rings (SSSR count). The second-order valence-electron chi connectivity index (χ2n) is 4.95. The summed E-state index contributed by atoms with van der Waals surface area (Å²) in [5.74, 6) is -1.19. The molecule has 2 aromatic rings. The van der Waals surface area contributed by atoms with Gasteiger partial charge in [0.2, 0.25) is 5.91 Å². The lowest BCUT2D eigenvalue weighted by Crippen LogP contribution is -2.41. The van der Waals surface area contributed by atoms with Gasteiger partial charge in [0.1, 0.15) is 6.54 Å². The minimum absolute atomic E-state index is 0.141. The van der Waals surface area contributed by atoms with Crippen molar-refractivity contribution in [3.8, 4) is 0 Å². The minimum atomic E-state index is -0.999. The molecule has 2 aromatic heterocycles. The van der Waals surface area contributed by atoms with Gasteiger partial charge in [-0.1, -0.05) is 0 Å². The van der Waals surface area contributed by atoms with Crippen molar-refractivity contribution in [2.24, 2.45) is 0 Å².